The van der Waals surface area contributed by atoms with Gasteiger partial charge in [0.05, 0.1) is 41.7 Å². The largest absolute Gasteiger partial charge is 0.573 e. The summed E-state index contributed by atoms with van der Waals surface area (Å²) >= 11 is 18.8. The van der Waals surface area contributed by atoms with E-state index in [0.717, 1.165) is 18.9 Å². The van der Waals surface area contributed by atoms with Gasteiger partial charge in [0.25, 0.3) is 0 Å². The Balaban J connectivity index is 0.993. The topological polar surface area (TPSA) is 152 Å². The molecule has 1 aromatic heterocycles. The van der Waals surface area contributed by atoms with Crippen molar-refractivity contribution in [2.24, 2.45) is 17.8 Å². The Morgan fingerprint density at radius 1 is 0.968 bits per heavy atom. The molecule has 0 radical (unpaired) electrons. The Hall–Kier alpha value is -4.45. The van der Waals surface area contributed by atoms with Crippen molar-refractivity contribution in [2.45, 2.75) is 75.3 Å². The molecule has 4 atom stereocenters. The molecule has 20 heteroatoms. The zero-order valence-corrected chi connectivity index (χ0v) is 37.0. The molecule has 0 bridgehead atoms. The van der Waals surface area contributed by atoms with E-state index in [0.29, 0.717) is 81.3 Å². The highest BCUT2D eigenvalue weighted by molar-refractivity contribution is 6.52. The van der Waals surface area contributed by atoms with E-state index < -0.39 is 34.6 Å². The highest BCUT2D eigenvalue weighted by Gasteiger charge is 2.57. The van der Waals surface area contributed by atoms with Gasteiger partial charge in [-0.1, -0.05) is 56.6 Å². The molecule has 0 spiro atoms. The quantitative estimate of drug-likeness (QED) is 0.174. The van der Waals surface area contributed by atoms with Crippen LogP contribution >= 0.6 is 34.8 Å². The number of hydrogen-bond donors (Lipinski definition) is 3. The fraction of sp³-hybridized carbons (Fsp3) is 0.548. The number of likely N-dealkylation sites (tertiary alicyclic amines) is 2. The number of aromatic nitrogens is 2. The number of carbonyl (C=O) groups excluding carboxylic acids is 4. The molecule has 5 amide bonds. The van der Waals surface area contributed by atoms with Crippen LogP contribution in [0.3, 0.4) is 0 Å². The molecular weight excluding hydrogens is 876 g/mol. The van der Waals surface area contributed by atoms with Crippen LogP contribution < -0.4 is 15.4 Å². The molecule has 3 saturated heterocycles. The molecule has 3 aromatic rings. The van der Waals surface area contributed by atoms with Gasteiger partial charge in [-0.25, -0.2) is 14.6 Å². The molecule has 3 aliphatic heterocycles. The molecule has 1 aliphatic carbocycles. The number of H-pyrrole nitrogens is 1. The van der Waals surface area contributed by atoms with E-state index in [9.17, 15) is 32.3 Å². The molecule has 4 aliphatic rings. The molecule has 3 unspecified atom stereocenters. The summed E-state index contributed by atoms with van der Waals surface area (Å²) in [7, 11) is 1.24. The number of nitrogens with zero attached hydrogens (tertiary/aromatic N) is 5. The first-order valence-electron chi connectivity index (χ1n) is 20.7. The summed E-state index contributed by atoms with van der Waals surface area (Å²) in [5.41, 5.74) is 1.69. The van der Waals surface area contributed by atoms with Gasteiger partial charge in [-0.05, 0) is 54.7 Å². The molecule has 336 valence electrons. The van der Waals surface area contributed by atoms with Crippen molar-refractivity contribution in [3.05, 3.63) is 53.4 Å². The number of ether oxygens (including phenoxy) is 2. The number of halogens is 6. The monoisotopic (exact) mass is 924 g/mol. The molecule has 4 heterocycles. The Labute approximate surface area is 372 Å². The first kappa shape index (κ1) is 45.6. The number of benzene rings is 2. The number of piperazine rings is 1. The Morgan fingerprint density at radius 3 is 2.21 bits per heavy atom. The smallest absolute Gasteiger partial charge is 0.453 e. The zero-order chi connectivity index (χ0) is 44.7. The van der Waals surface area contributed by atoms with Crippen LogP contribution in [0.1, 0.15) is 58.3 Å². The number of rotatable bonds is 10. The van der Waals surface area contributed by atoms with Crippen molar-refractivity contribution in [1.82, 2.24) is 34.9 Å². The third-order valence-electron chi connectivity index (χ3n) is 12.2. The van der Waals surface area contributed by atoms with Crippen molar-refractivity contribution in [1.29, 1.82) is 0 Å². The average Bonchev–Trinajstić information content (AvgIpc) is 3.51. The fourth-order valence-corrected chi connectivity index (χ4v) is 9.34. The van der Waals surface area contributed by atoms with Gasteiger partial charge in [-0.15, -0.1) is 36.4 Å². The van der Waals surface area contributed by atoms with E-state index in [-0.39, 0.29) is 57.9 Å². The summed E-state index contributed by atoms with van der Waals surface area (Å²) in [5, 5.41) is 5.34. The minimum atomic E-state index is -5.04. The molecule has 4 fully saturated rings. The summed E-state index contributed by atoms with van der Waals surface area (Å²) in [4.78, 5) is 67.1. The predicted molar refractivity (Wildman–Crippen MR) is 228 cm³/mol. The van der Waals surface area contributed by atoms with Crippen LogP contribution in [0.25, 0.3) is 22.4 Å². The van der Waals surface area contributed by atoms with E-state index in [4.69, 9.17) is 39.5 Å². The number of aromatic amines is 1. The van der Waals surface area contributed by atoms with Gasteiger partial charge in [0.1, 0.15) is 21.9 Å². The SMILES string of the molecule is COC(=O)N[C@H](C(=O)N1CC(C)CC1c1ncc(-c2ccc(-c3cc(Cl)c(NC(=O)N4CCN(C5CCN(C(=O)C6CC6(Cl)Cl)CC5)CC4)cc3OC(F)(F)F)cc2)[nH]1)C(C)C. The van der Waals surface area contributed by atoms with Gasteiger partial charge >= 0.3 is 18.5 Å². The number of carbonyl (C=O) groups is 4. The zero-order valence-electron chi connectivity index (χ0n) is 34.7. The summed E-state index contributed by atoms with van der Waals surface area (Å²) in [5.74, 6) is -0.603. The minimum absolute atomic E-state index is 0.00388. The lowest BCUT2D eigenvalue weighted by Gasteiger charge is -2.42. The highest BCUT2D eigenvalue weighted by Crippen LogP contribution is 2.54. The number of urea groups is 1. The number of methoxy groups -OCH3 is 1. The van der Waals surface area contributed by atoms with E-state index in [2.05, 4.69) is 30.2 Å². The van der Waals surface area contributed by atoms with Gasteiger partial charge in [0.15, 0.2) is 0 Å². The molecule has 62 heavy (non-hydrogen) atoms. The van der Waals surface area contributed by atoms with Crippen LogP contribution in [0.15, 0.2) is 42.6 Å². The first-order chi connectivity index (χ1) is 29.3. The molecular formula is C42H50Cl3F3N8O6. The number of nitrogens with one attached hydrogen (secondary N) is 3. The lowest BCUT2D eigenvalue weighted by Crippen LogP contribution is -2.55. The van der Waals surface area contributed by atoms with Crippen molar-refractivity contribution in [3.63, 3.8) is 0 Å². The predicted octanol–water partition coefficient (Wildman–Crippen LogP) is 7.92. The molecule has 7 rings (SSSR count). The van der Waals surface area contributed by atoms with Crippen LogP contribution in [0.2, 0.25) is 5.02 Å². The van der Waals surface area contributed by atoms with Crippen LogP contribution in [-0.2, 0) is 14.3 Å². The third kappa shape index (κ3) is 10.3. The number of anilines is 1. The molecule has 2 aromatic carbocycles. The third-order valence-corrected chi connectivity index (χ3v) is 13.3. The average molecular weight is 926 g/mol. The second-order valence-electron chi connectivity index (χ2n) is 16.9. The Bertz CT molecular complexity index is 2140. The van der Waals surface area contributed by atoms with Gasteiger partial charge < -0.3 is 39.8 Å². The second kappa shape index (κ2) is 18.3. The minimum Gasteiger partial charge on any atom is -0.453 e. The van der Waals surface area contributed by atoms with Crippen LogP contribution in [0.4, 0.5) is 28.4 Å². The Morgan fingerprint density at radius 2 is 1.61 bits per heavy atom. The van der Waals surface area contributed by atoms with Crippen molar-refractivity contribution in [3.8, 4) is 28.1 Å². The summed E-state index contributed by atoms with van der Waals surface area (Å²) in [6.45, 7) is 9.39. The number of alkyl carbamates (subject to hydrolysis) is 1. The van der Waals surface area contributed by atoms with Crippen LogP contribution in [0.5, 0.6) is 5.75 Å². The normalized spacial score (nSPS) is 22.4. The van der Waals surface area contributed by atoms with Gasteiger partial charge in [0, 0.05) is 63.5 Å². The summed E-state index contributed by atoms with van der Waals surface area (Å²) in [6.07, 6.45) is -1.40. The maximum absolute atomic E-state index is 13.8. The summed E-state index contributed by atoms with van der Waals surface area (Å²) in [6, 6.07) is 7.65. The lowest BCUT2D eigenvalue weighted by molar-refractivity contribution is -0.274. The molecule has 3 N–H and O–H groups in total. The van der Waals surface area contributed by atoms with Gasteiger partial charge in [-0.2, -0.15) is 0 Å². The molecule has 1 saturated carbocycles. The number of piperidine rings is 1. The van der Waals surface area contributed by atoms with Crippen LogP contribution in [-0.4, -0.2) is 129 Å². The highest BCUT2D eigenvalue weighted by atomic mass is 35.5. The van der Waals surface area contributed by atoms with Crippen molar-refractivity contribution in [2.75, 3.05) is 58.2 Å². The van der Waals surface area contributed by atoms with Gasteiger partial charge in [0.2, 0.25) is 11.8 Å². The number of hydrogen-bond acceptors (Lipinski definition) is 8. The maximum Gasteiger partial charge on any atom is 0.573 e. The van der Waals surface area contributed by atoms with Crippen molar-refractivity contribution >= 4 is 64.4 Å². The van der Waals surface area contributed by atoms with Crippen LogP contribution in [0, 0.1) is 17.8 Å². The number of alkyl halides is 5. The van der Waals surface area contributed by atoms with Crippen molar-refractivity contribution < 1.29 is 41.8 Å². The van der Waals surface area contributed by atoms with E-state index in [1.807, 2.05) is 25.7 Å². The van der Waals surface area contributed by atoms with E-state index in [1.165, 1.54) is 13.2 Å². The summed E-state index contributed by atoms with van der Waals surface area (Å²) < 4.78 is 49.6. The standard InChI is InChI=1S/C42H50Cl3F3N8O6/c1-23(2)35(52-40(60)61-4)38(58)56-22-24(3)17-33(56)36-49-21-32(50-36)26-7-5-25(6-8-26)28-18-30(43)31(19-34(28)62-42(46,47)48)51-39(59)55-15-13-53(14-16-55)27-9-11-54(12-10-27)37(57)29-20-41(29,44)45/h5-8,18-19,21,23-24,27,29,33,35H,9-17,20,22H2,1-4H3,(H,49,50)(H,51,59)(H,52,60)/t24?,29?,33?,35-/m0/s1. The van der Waals surface area contributed by atoms with E-state index in [1.54, 1.807) is 40.3 Å². The van der Waals surface area contributed by atoms with Gasteiger partial charge in [-0.3, -0.25) is 14.5 Å². The number of amides is 5. The first-order valence-corrected chi connectivity index (χ1v) is 21.8. The molecule has 14 nitrogen and oxygen atoms in total. The Kier molecular flexibility index (Phi) is 13.5. The lowest BCUT2D eigenvalue weighted by atomic mass is 10.0. The van der Waals surface area contributed by atoms with E-state index >= 15 is 0 Å². The number of imidazole rings is 1. The second-order valence-corrected chi connectivity index (χ2v) is 18.8. The maximum atomic E-state index is 13.8. The fourth-order valence-electron chi connectivity index (χ4n) is 8.63.